The first-order valence-corrected chi connectivity index (χ1v) is 6.29. The molecule has 2 nitrogen and oxygen atoms in total. The highest BCUT2D eigenvalue weighted by Gasteiger charge is 2.28. The molecule has 0 unspecified atom stereocenters. The number of phenols is 1. The van der Waals surface area contributed by atoms with Gasteiger partial charge in [-0.2, -0.15) is 13.2 Å². The lowest BCUT2D eigenvalue weighted by Crippen LogP contribution is -2.16. The van der Waals surface area contributed by atoms with Crippen molar-refractivity contribution < 1.29 is 18.3 Å². The molecular weight excluding hydrogens is 367 g/mol. The Labute approximate surface area is 113 Å². The van der Waals surface area contributed by atoms with Gasteiger partial charge in [0.1, 0.15) is 5.75 Å². The molecule has 0 fully saturated rings. The average molecular weight is 377 g/mol. The molecule has 0 aliphatic heterocycles. The van der Waals surface area contributed by atoms with Crippen molar-refractivity contribution in [2.75, 3.05) is 0 Å². The van der Waals surface area contributed by atoms with Gasteiger partial charge in [0.05, 0.1) is 4.47 Å². The Morgan fingerprint density at radius 1 is 1.29 bits per heavy atom. The number of rotatable bonds is 3. The first-order valence-electron chi connectivity index (χ1n) is 4.71. The van der Waals surface area contributed by atoms with Crippen LogP contribution in [-0.4, -0.2) is 11.3 Å². The van der Waals surface area contributed by atoms with E-state index in [-0.39, 0.29) is 17.7 Å². The number of alkyl halides is 3. The van der Waals surface area contributed by atoms with Gasteiger partial charge in [0.15, 0.2) is 0 Å². The summed E-state index contributed by atoms with van der Waals surface area (Å²) in [7, 11) is 0. The lowest BCUT2D eigenvalue weighted by molar-refractivity contribution is -0.136. The zero-order chi connectivity index (χ0) is 13.2. The number of halogens is 5. The highest BCUT2D eigenvalue weighted by Crippen LogP contribution is 2.36. The molecule has 1 aromatic carbocycles. The fraction of sp³-hybridized carbons (Fsp3) is 0.400. The fourth-order valence-electron chi connectivity index (χ4n) is 1.34. The quantitative estimate of drug-likeness (QED) is 0.827. The van der Waals surface area contributed by atoms with Crippen LogP contribution in [0.3, 0.4) is 0 Å². The van der Waals surface area contributed by atoms with E-state index in [1.54, 1.807) is 6.07 Å². The molecule has 1 rings (SSSR count). The van der Waals surface area contributed by atoms with Crippen LogP contribution in [0.15, 0.2) is 21.1 Å². The Bertz CT molecular complexity index is 409. The van der Waals surface area contributed by atoms with Crippen LogP contribution in [0.4, 0.5) is 13.2 Å². The summed E-state index contributed by atoms with van der Waals surface area (Å²) in [6.07, 6.45) is -5.48. The smallest absolute Gasteiger partial charge is 0.389 e. The highest BCUT2D eigenvalue weighted by molar-refractivity contribution is 9.11. The summed E-state index contributed by atoms with van der Waals surface area (Å²) in [5.74, 6) is -0.122. The lowest BCUT2D eigenvalue weighted by Gasteiger charge is -2.16. The molecular formula is C10H10Br2F3NO. The molecule has 1 aromatic rings. The van der Waals surface area contributed by atoms with Gasteiger partial charge in [0.2, 0.25) is 0 Å². The predicted molar refractivity (Wildman–Crippen MR) is 65.7 cm³/mol. The van der Waals surface area contributed by atoms with Crippen molar-refractivity contribution in [3.05, 3.63) is 26.6 Å². The molecule has 0 amide bonds. The van der Waals surface area contributed by atoms with Gasteiger partial charge >= 0.3 is 6.18 Å². The van der Waals surface area contributed by atoms with Crippen LogP contribution < -0.4 is 5.73 Å². The summed E-state index contributed by atoms with van der Waals surface area (Å²) in [6.45, 7) is 0. The molecule has 96 valence electrons. The van der Waals surface area contributed by atoms with Gasteiger partial charge in [-0.3, -0.25) is 0 Å². The molecule has 0 saturated carbocycles. The standard InChI is InChI=1S/C10H10Br2F3NO/c11-5-3-6(9(17)7(12)4-5)8(16)1-2-10(13,14)15/h3-4,8,17H,1-2,16H2/t8-/m1/s1. The van der Waals surface area contributed by atoms with Crippen molar-refractivity contribution in [3.63, 3.8) is 0 Å². The third kappa shape index (κ3) is 4.48. The van der Waals surface area contributed by atoms with Crippen molar-refractivity contribution >= 4 is 31.9 Å². The average Bonchev–Trinajstić information content (AvgIpc) is 2.19. The van der Waals surface area contributed by atoms with E-state index in [1.807, 2.05) is 0 Å². The van der Waals surface area contributed by atoms with Gasteiger partial charge < -0.3 is 10.8 Å². The zero-order valence-corrected chi connectivity index (χ0v) is 11.7. The first-order chi connectivity index (χ1) is 7.70. The van der Waals surface area contributed by atoms with Crippen LogP contribution in [0.2, 0.25) is 0 Å². The summed E-state index contributed by atoms with van der Waals surface area (Å²) in [4.78, 5) is 0. The summed E-state index contributed by atoms with van der Waals surface area (Å²) >= 11 is 6.29. The zero-order valence-electron chi connectivity index (χ0n) is 8.56. The molecule has 17 heavy (non-hydrogen) atoms. The van der Waals surface area contributed by atoms with Crippen LogP contribution in [0.1, 0.15) is 24.4 Å². The molecule has 7 heteroatoms. The van der Waals surface area contributed by atoms with Gasteiger partial charge in [-0.1, -0.05) is 15.9 Å². The number of phenolic OH excluding ortho intramolecular Hbond substituents is 1. The van der Waals surface area contributed by atoms with Crippen LogP contribution in [0, 0.1) is 0 Å². The molecule has 0 saturated heterocycles. The van der Waals surface area contributed by atoms with Gasteiger partial charge in [-0.25, -0.2) is 0 Å². The van der Waals surface area contributed by atoms with E-state index in [1.165, 1.54) is 6.07 Å². The van der Waals surface area contributed by atoms with Crippen LogP contribution >= 0.6 is 31.9 Å². The van der Waals surface area contributed by atoms with Crippen molar-refractivity contribution in [1.82, 2.24) is 0 Å². The third-order valence-electron chi connectivity index (χ3n) is 2.20. The Morgan fingerprint density at radius 3 is 2.41 bits per heavy atom. The van der Waals surface area contributed by atoms with Crippen LogP contribution in [0.25, 0.3) is 0 Å². The van der Waals surface area contributed by atoms with Gasteiger partial charge in [0, 0.05) is 22.5 Å². The van der Waals surface area contributed by atoms with E-state index in [4.69, 9.17) is 5.73 Å². The number of aromatic hydroxyl groups is 1. The monoisotopic (exact) mass is 375 g/mol. The molecule has 1 atom stereocenters. The minimum Gasteiger partial charge on any atom is -0.506 e. The number of benzene rings is 1. The Morgan fingerprint density at radius 2 is 1.88 bits per heavy atom. The second-order valence-corrected chi connectivity index (χ2v) is 5.36. The van der Waals surface area contributed by atoms with Crippen LogP contribution in [0.5, 0.6) is 5.75 Å². The van der Waals surface area contributed by atoms with Gasteiger partial charge in [-0.05, 0) is 34.5 Å². The van der Waals surface area contributed by atoms with Crippen molar-refractivity contribution in [2.24, 2.45) is 5.73 Å². The predicted octanol–water partition coefficient (Wildman–Crippen LogP) is 4.26. The van der Waals surface area contributed by atoms with E-state index in [9.17, 15) is 18.3 Å². The molecule has 0 aromatic heterocycles. The Balaban J connectivity index is 2.85. The number of hydrogen-bond donors (Lipinski definition) is 2. The number of nitrogens with two attached hydrogens (primary N) is 1. The molecule has 0 bridgehead atoms. The minimum absolute atomic E-state index is 0.122. The maximum Gasteiger partial charge on any atom is 0.389 e. The first kappa shape index (κ1) is 14.8. The minimum atomic E-state index is -4.24. The Kier molecular flexibility index (Phi) is 4.86. The Hall–Kier alpha value is -0.270. The number of hydrogen-bond acceptors (Lipinski definition) is 2. The summed E-state index contributed by atoms with van der Waals surface area (Å²) in [5.41, 5.74) is 5.93. The van der Waals surface area contributed by atoms with E-state index in [0.717, 1.165) is 0 Å². The second-order valence-electron chi connectivity index (χ2n) is 3.59. The molecule has 0 heterocycles. The van der Waals surface area contributed by atoms with E-state index < -0.39 is 18.6 Å². The van der Waals surface area contributed by atoms with E-state index in [0.29, 0.717) is 8.95 Å². The van der Waals surface area contributed by atoms with Crippen molar-refractivity contribution in [2.45, 2.75) is 25.1 Å². The summed E-state index contributed by atoms with van der Waals surface area (Å²) in [5, 5.41) is 9.69. The molecule has 0 radical (unpaired) electrons. The van der Waals surface area contributed by atoms with E-state index in [2.05, 4.69) is 31.9 Å². The molecule has 3 N–H and O–H groups in total. The van der Waals surface area contributed by atoms with Crippen molar-refractivity contribution in [1.29, 1.82) is 0 Å². The molecule has 0 aliphatic rings. The van der Waals surface area contributed by atoms with Gasteiger partial charge in [0.25, 0.3) is 0 Å². The van der Waals surface area contributed by atoms with Crippen LogP contribution in [-0.2, 0) is 0 Å². The second kappa shape index (κ2) is 5.58. The third-order valence-corrected chi connectivity index (χ3v) is 3.26. The SMILES string of the molecule is N[C@H](CCC(F)(F)F)c1cc(Br)cc(Br)c1O. The molecule has 0 spiro atoms. The highest BCUT2D eigenvalue weighted by atomic mass is 79.9. The topological polar surface area (TPSA) is 46.2 Å². The largest absolute Gasteiger partial charge is 0.506 e. The summed E-state index contributed by atoms with van der Waals surface area (Å²) in [6, 6.07) is 2.25. The lowest BCUT2D eigenvalue weighted by atomic mass is 10.0. The summed E-state index contributed by atoms with van der Waals surface area (Å²) < 4.78 is 37.2. The van der Waals surface area contributed by atoms with Crippen molar-refractivity contribution in [3.8, 4) is 5.75 Å². The maximum absolute atomic E-state index is 12.1. The maximum atomic E-state index is 12.1. The normalized spacial score (nSPS) is 13.8. The molecule has 0 aliphatic carbocycles. The fourth-order valence-corrected chi connectivity index (χ4v) is 2.60. The van der Waals surface area contributed by atoms with Gasteiger partial charge in [-0.15, -0.1) is 0 Å². The van der Waals surface area contributed by atoms with E-state index >= 15 is 0 Å².